The zero-order chi connectivity index (χ0) is 23.9. The Morgan fingerprint density at radius 3 is 1.76 bits per heavy atom. The monoisotopic (exact) mass is 485 g/mol. The standard InChI is InChI=1S/C24H14Cl2O7/c1-11(27)31-21-9-19-15(7-17(21)25)23(13-5-3-4-6-14(13)24(29)30)16-8-18(26)22(32-12(2)28)10-20(16)33-19/h3-10H,1-2H3/p+1. The van der Waals surface area contributed by atoms with Crippen molar-refractivity contribution >= 4 is 63.0 Å². The Morgan fingerprint density at radius 2 is 1.30 bits per heavy atom. The van der Waals surface area contributed by atoms with Gasteiger partial charge in [0.1, 0.15) is 0 Å². The highest BCUT2D eigenvalue weighted by atomic mass is 35.5. The third kappa shape index (κ3) is 4.33. The summed E-state index contributed by atoms with van der Waals surface area (Å²) in [6.45, 7) is 2.47. The molecule has 7 nitrogen and oxygen atoms in total. The molecule has 0 bridgehead atoms. The number of ether oxygens (including phenoxy) is 2. The molecule has 0 saturated heterocycles. The zero-order valence-electron chi connectivity index (χ0n) is 17.3. The van der Waals surface area contributed by atoms with E-state index in [0.29, 0.717) is 21.9 Å². The molecule has 0 fully saturated rings. The average Bonchev–Trinajstić information content (AvgIpc) is 2.73. The van der Waals surface area contributed by atoms with E-state index in [1.807, 2.05) is 0 Å². The summed E-state index contributed by atoms with van der Waals surface area (Å²) in [5.74, 6) is -2.12. The van der Waals surface area contributed by atoms with E-state index in [9.17, 15) is 19.5 Å². The van der Waals surface area contributed by atoms with Crippen molar-refractivity contribution in [1.29, 1.82) is 0 Å². The van der Waals surface area contributed by atoms with Gasteiger partial charge in [-0.1, -0.05) is 41.4 Å². The number of rotatable bonds is 4. The van der Waals surface area contributed by atoms with Gasteiger partial charge in [-0.05, 0) is 23.8 Å². The number of fused-ring (bicyclic) bond motifs is 2. The Morgan fingerprint density at radius 1 is 0.818 bits per heavy atom. The van der Waals surface area contributed by atoms with E-state index < -0.39 is 17.9 Å². The first kappa shape index (κ1) is 22.5. The molecular formula is C24H15Cl2O7+. The van der Waals surface area contributed by atoms with Gasteiger partial charge in [-0.25, -0.2) is 9.21 Å². The molecule has 0 aliphatic rings. The minimum Gasteiger partial charge on any atom is -0.478 e. The smallest absolute Gasteiger partial charge is 0.365 e. The number of benzene rings is 3. The molecule has 0 saturated carbocycles. The second kappa shape index (κ2) is 8.69. The van der Waals surface area contributed by atoms with E-state index in [2.05, 4.69) is 0 Å². The van der Waals surface area contributed by atoms with Crippen LogP contribution in [0.2, 0.25) is 10.0 Å². The number of hydrogen-bond donors (Lipinski definition) is 1. The van der Waals surface area contributed by atoms with Gasteiger partial charge in [-0.3, -0.25) is 9.59 Å². The van der Waals surface area contributed by atoms with Gasteiger partial charge in [-0.2, -0.15) is 0 Å². The molecule has 1 N–H and O–H groups in total. The van der Waals surface area contributed by atoms with E-state index in [-0.39, 0.29) is 38.3 Å². The lowest BCUT2D eigenvalue weighted by Gasteiger charge is -2.11. The van der Waals surface area contributed by atoms with Crippen LogP contribution in [0.3, 0.4) is 0 Å². The van der Waals surface area contributed by atoms with Crippen molar-refractivity contribution in [3.8, 4) is 22.6 Å². The van der Waals surface area contributed by atoms with Gasteiger partial charge < -0.3 is 14.6 Å². The Hall–Kier alpha value is -3.68. The maximum atomic E-state index is 12.0. The molecule has 33 heavy (non-hydrogen) atoms. The van der Waals surface area contributed by atoms with Gasteiger partial charge in [0.2, 0.25) is 0 Å². The number of carboxylic acid groups (broad SMARTS) is 1. The number of carbonyl (C=O) groups is 3. The summed E-state index contributed by atoms with van der Waals surface area (Å²) in [4.78, 5) is 34.9. The third-order valence-electron chi connectivity index (χ3n) is 4.76. The van der Waals surface area contributed by atoms with Gasteiger partial charge >= 0.3 is 29.1 Å². The first-order chi connectivity index (χ1) is 15.7. The number of esters is 2. The molecule has 166 valence electrons. The SMILES string of the molecule is CC(=O)Oc1cc2[o+]c3cc(OC(C)=O)c(Cl)cc3c(-c3ccccc3C(=O)O)c2cc1Cl. The van der Waals surface area contributed by atoms with Crippen LogP contribution in [-0.4, -0.2) is 23.0 Å². The van der Waals surface area contributed by atoms with Crippen molar-refractivity contribution in [1.82, 2.24) is 0 Å². The summed E-state index contributed by atoms with van der Waals surface area (Å²) in [5, 5.41) is 11.0. The second-order valence-electron chi connectivity index (χ2n) is 7.07. The highest BCUT2D eigenvalue weighted by Crippen LogP contribution is 2.44. The van der Waals surface area contributed by atoms with E-state index in [1.54, 1.807) is 18.2 Å². The fourth-order valence-electron chi connectivity index (χ4n) is 3.54. The van der Waals surface area contributed by atoms with Crippen LogP contribution in [0.25, 0.3) is 33.1 Å². The van der Waals surface area contributed by atoms with Gasteiger partial charge in [0.25, 0.3) is 0 Å². The summed E-state index contributed by atoms with van der Waals surface area (Å²) >= 11 is 12.7. The molecule has 9 heteroatoms. The fourth-order valence-corrected chi connectivity index (χ4v) is 3.94. The van der Waals surface area contributed by atoms with Crippen molar-refractivity contribution in [3.63, 3.8) is 0 Å². The predicted octanol–water partition coefficient (Wildman–Crippen LogP) is 6.39. The minimum atomic E-state index is -1.13. The van der Waals surface area contributed by atoms with Crippen LogP contribution in [0.5, 0.6) is 11.5 Å². The molecule has 0 atom stereocenters. The first-order valence-corrected chi connectivity index (χ1v) is 10.3. The van der Waals surface area contributed by atoms with E-state index in [4.69, 9.17) is 37.1 Å². The van der Waals surface area contributed by atoms with Crippen LogP contribution in [-0.2, 0) is 9.59 Å². The molecule has 3 aromatic carbocycles. The lowest BCUT2D eigenvalue weighted by atomic mass is 9.93. The minimum absolute atomic E-state index is 0.0478. The normalized spacial score (nSPS) is 10.9. The van der Waals surface area contributed by atoms with Crippen molar-refractivity contribution in [2.45, 2.75) is 13.8 Å². The number of carboxylic acids is 1. The van der Waals surface area contributed by atoms with Crippen LogP contribution >= 0.6 is 23.2 Å². The number of halogens is 2. The highest BCUT2D eigenvalue weighted by molar-refractivity contribution is 6.34. The van der Waals surface area contributed by atoms with E-state index in [1.165, 1.54) is 44.2 Å². The fraction of sp³-hybridized carbons (Fsp3) is 0.0833. The van der Waals surface area contributed by atoms with Gasteiger partial charge in [0, 0.05) is 19.4 Å². The lowest BCUT2D eigenvalue weighted by Crippen LogP contribution is -2.03. The van der Waals surface area contributed by atoms with Gasteiger partial charge in [-0.15, -0.1) is 0 Å². The van der Waals surface area contributed by atoms with Crippen LogP contribution < -0.4 is 9.47 Å². The molecule has 0 spiro atoms. The molecule has 0 amide bonds. The Balaban J connectivity index is 2.16. The van der Waals surface area contributed by atoms with Crippen LogP contribution in [0.1, 0.15) is 24.2 Å². The Bertz CT molecular complexity index is 1400. The molecule has 1 aromatic heterocycles. The highest BCUT2D eigenvalue weighted by Gasteiger charge is 2.27. The number of aromatic carboxylic acids is 1. The Kier molecular flexibility index (Phi) is 5.93. The Labute approximate surface area is 197 Å². The molecule has 0 radical (unpaired) electrons. The molecule has 4 aromatic rings. The third-order valence-corrected chi connectivity index (χ3v) is 5.35. The number of hydrogen-bond acceptors (Lipinski definition) is 5. The largest absolute Gasteiger partial charge is 0.478 e. The lowest BCUT2D eigenvalue weighted by molar-refractivity contribution is -0.132. The molecule has 0 aliphatic heterocycles. The average molecular weight is 486 g/mol. The van der Waals surface area contributed by atoms with E-state index in [0.717, 1.165) is 0 Å². The quantitative estimate of drug-likeness (QED) is 0.154. The van der Waals surface area contributed by atoms with E-state index >= 15 is 0 Å². The molecular weight excluding hydrogens is 471 g/mol. The van der Waals surface area contributed by atoms with Gasteiger partial charge in [0.15, 0.2) is 11.5 Å². The van der Waals surface area contributed by atoms with Crippen molar-refractivity contribution in [2.75, 3.05) is 0 Å². The van der Waals surface area contributed by atoms with Crippen LogP contribution in [0.15, 0.2) is 52.9 Å². The van der Waals surface area contributed by atoms with Crippen molar-refractivity contribution in [2.24, 2.45) is 0 Å². The number of carbonyl (C=O) groups excluding carboxylic acids is 2. The maximum Gasteiger partial charge on any atom is 0.365 e. The summed E-state index contributed by atoms with van der Waals surface area (Å²) in [6.07, 6.45) is 0. The predicted molar refractivity (Wildman–Crippen MR) is 123 cm³/mol. The maximum absolute atomic E-state index is 12.0. The van der Waals surface area contributed by atoms with Gasteiger partial charge in [0.05, 0.1) is 38.5 Å². The summed E-state index contributed by atoms with van der Waals surface area (Å²) in [5.41, 5.74) is 1.44. The zero-order valence-corrected chi connectivity index (χ0v) is 18.8. The summed E-state index contributed by atoms with van der Waals surface area (Å²) in [6, 6.07) is 12.4. The van der Waals surface area contributed by atoms with Crippen LogP contribution in [0.4, 0.5) is 0 Å². The molecule has 1 heterocycles. The first-order valence-electron chi connectivity index (χ1n) is 9.58. The topological polar surface area (TPSA) is 101 Å². The van der Waals surface area contributed by atoms with Crippen molar-refractivity contribution in [3.05, 3.63) is 64.1 Å². The second-order valence-corrected chi connectivity index (χ2v) is 7.89. The van der Waals surface area contributed by atoms with Crippen molar-refractivity contribution < 1.29 is 33.4 Å². The molecule has 0 unspecified atom stereocenters. The summed E-state index contributed by atoms with van der Waals surface area (Å²) < 4.78 is 16.3. The molecule has 4 rings (SSSR count). The van der Waals surface area contributed by atoms with Crippen LogP contribution in [0, 0.1) is 0 Å². The summed E-state index contributed by atoms with van der Waals surface area (Å²) in [7, 11) is 0. The molecule has 0 aliphatic carbocycles.